The first-order chi connectivity index (χ1) is 11.0. The molecule has 0 aliphatic heterocycles. The highest BCUT2D eigenvalue weighted by Gasteiger charge is 2.31. The molecular formula is C17H19Cl2NO3. The summed E-state index contributed by atoms with van der Waals surface area (Å²) in [5.74, 6) is -0.404. The maximum atomic E-state index is 12.4. The fourth-order valence-corrected chi connectivity index (χ4v) is 2.67. The summed E-state index contributed by atoms with van der Waals surface area (Å²) in [5, 5.41) is 1.04. The molecule has 124 valence electrons. The van der Waals surface area contributed by atoms with Gasteiger partial charge in [-0.3, -0.25) is 9.59 Å². The van der Waals surface area contributed by atoms with Crippen molar-refractivity contribution in [1.82, 2.24) is 4.90 Å². The molecule has 2 rings (SSSR count). The van der Waals surface area contributed by atoms with Crippen LogP contribution in [0.25, 0.3) is 6.08 Å². The second-order valence-corrected chi connectivity index (χ2v) is 6.16. The number of hydrogen-bond acceptors (Lipinski definition) is 3. The van der Waals surface area contributed by atoms with Gasteiger partial charge in [-0.1, -0.05) is 29.3 Å². The van der Waals surface area contributed by atoms with Gasteiger partial charge in [-0.25, -0.2) is 0 Å². The van der Waals surface area contributed by atoms with Gasteiger partial charge < -0.3 is 9.64 Å². The Kier molecular flexibility index (Phi) is 6.48. The highest BCUT2D eigenvalue weighted by molar-refractivity contribution is 6.35. The molecule has 0 spiro atoms. The van der Waals surface area contributed by atoms with Crippen molar-refractivity contribution in [2.75, 3.05) is 13.2 Å². The Labute approximate surface area is 146 Å². The third kappa shape index (κ3) is 5.56. The van der Waals surface area contributed by atoms with Gasteiger partial charge in [-0.2, -0.15) is 0 Å². The van der Waals surface area contributed by atoms with Crippen LogP contribution in [-0.4, -0.2) is 36.0 Å². The summed E-state index contributed by atoms with van der Waals surface area (Å²) in [7, 11) is 0. The van der Waals surface area contributed by atoms with Crippen molar-refractivity contribution in [2.45, 2.75) is 32.2 Å². The van der Waals surface area contributed by atoms with E-state index in [1.807, 2.05) is 0 Å². The van der Waals surface area contributed by atoms with Gasteiger partial charge in [0.1, 0.15) is 0 Å². The van der Waals surface area contributed by atoms with E-state index in [4.69, 9.17) is 27.9 Å². The van der Waals surface area contributed by atoms with E-state index in [0.29, 0.717) is 23.2 Å². The van der Waals surface area contributed by atoms with Gasteiger partial charge in [-0.15, -0.1) is 0 Å². The normalized spacial score (nSPS) is 14.0. The molecule has 0 saturated heterocycles. The van der Waals surface area contributed by atoms with Crippen LogP contribution < -0.4 is 0 Å². The van der Waals surface area contributed by atoms with E-state index in [2.05, 4.69) is 0 Å². The second kappa shape index (κ2) is 8.37. The van der Waals surface area contributed by atoms with Crippen molar-refractivity contribution in [1.29, 1.82) is 0 Å². The fourth-order valence-electron chi connectivity index (χ4n) is 2.20. The van der Waals surface area contributed by atoms with E-state index in [-0.39, 0.29) is 24.3 Å². The van der Waals surface area contributed by atoms with E-state index in [0.717, 1.165) is 18.4 Å². The molecule has 6 heteroatoms. The van der Waals surface area contributed by atoms with Crippen molar-refractivity contribution < 1.29 is 14.3 Å². The van der Waals surface area contributed by atoms with Crippen LogP contribution in [0.3, 0.4) is 0 Å². The van der Waals surface area contributed by atoms with Gasteiger partial charge in [-0.05, 0) is 43.5 Å². The lowest BCUT2D eigenvalue weighted by Crippen LogP contribution is -2.33. The van der Waals surface area contributed by atoms with Crippen molar-refractivity contribution in [3.63, 3.8) is 0 Å². The zero-order chi connectivity index (χ0) is 16.8. The van der Waals surface area contributed by atoms with Crippen LogP contribution in [0, 0.1) is 0 Å². The van der Waals surface area contributed by atoms with Gasteiger partial charge in [0.2, 0.25) is 5.91 Å². The number of carbonyl (C=O) groups excluding carboxylic acids is 2. The van der Waals surface area contributed by atoms with Gasteiger partial charge in [0.25, 0.3) is 0 Å². The summed E-state index contributed by atoms with van der Waals surface area (Å²) >= 11 is 11.9. The minimum Gasteiger partial charge on any atom is -0.466 e. The second-order valence-electron chi connectivity index (χ2n) is 5.32. The molecule has 0 unspecified atom stereocenters. The van der Waals surface area contributed by atoms with Crippen molar-refractivity contribution in [3.05, 3.63) is 39.9 Å². The van der Waals surface area contributed by atoms with E-state index in [1.165, 1.54) is 6.08 Å². The van der Waals surface area contributed by atoms with Crippen LogP contribution in [0.5, 0.6) is 0 Å². The topological polar surface area (TPSA) is 46.6 Å². The predicted octanol–water partition coefficient (Wildman–Crippen LogP) is 3.95. The van der Waals surface area contributed by atoms with Crippen LogP contribution in [-0.2, 0) is 14.3 Å². The number of nitrogens with zero attached hydrogens (tertiary/aromatic N) is 1. The monoisotopic (exact) mass is 355 g/mol. The molecule has 1 aromatic rings. The van der Waals surface area contributed by atoms with Gasteiger partial charge >= 0.3 is 5.97 Å². The number of ether oxygens (including phenoxy) is 1. The van der Waals surface area contributed by atoms with Gasteiger partial charge in [0.15, 0.2) is 0 Å². The molecule has 1 fully saturated rings. The largest absolute Gasteiger partial charge is 0.466 e. The molecule has 1 amide bonds. The van der Waals surface area contributed by atoms with E-state index < -0.39 is 0 Å². The zero-order valence-corrected chi connectivity index (χ0v) is 14.4. The lowest BCUT2D eigenvalue weighted by Gasteiger charge is -2.20. The highest BCUT2D eigenvalue weighted by atomic mass is 35.5. The lowest BCUT2D eigenvalue weighted by atomic mass is 10.2. The Morgan fingerprint density at radius 2 is 2.09 bits per heavy atom. The number of carbonyl (C=O) groups is 2. The Hall–Kier alpha value is -1.52. The van der Waals surface area contributed by atoms with E-state index in [1.54, 1.807) is 36.1 Å². The molecule has 1 aliphatic carbocycles. The smallest absolute Gasteiger partial charge is 0.307 e. The van der Waals surface area contributed by atoms with Gasteiger partial charge in [0.05, 0.1) is 13.0 Å². The highest BCUT2D eigenvalue weighted by Crippen LogP contribution is 2.28. The Bertz CT molecular complexity index is 612. The maximum Gasteiger partial charge on any atom is 0.307 e. The molecule has 0 radical (unpaired) electrons. The van der Waals surface area contributed by atoms with Crippen LogP contribution >= 0.6 is 23.2 Å². The summed E-state index contributed by atoms with van der Waals surface area (Å²) in [4.78, 5) is 25.5. The third-order valence-corrected chi connectivity index (χ3v) is 4.06. The summed E-state index contributed by atoms with van der Waals surface area (Å²) in [6.45, 7) is 2.49. The molecule has 0 aromatic heterocycles. The number of benzene rings is 1. The van der Waals surface area contributed by atoms with Crippen molar-refractivity contribution in [2.24, 2.45) is 0 Å². The summed E-state index contributed by atoms with van der Waals surface area (Å²) < 4.78 is 4.90. The van der Waals surface area contributed by atoms with Crippen molar-refractivity contribution in [3.8, 4) is 0 Å². The number of halogens is 2. The lowest BCUT2D eigenvalue weighted by molar-refractivity contribution is -0.143. The zero-order valence-electron chi connectivity index (χ0n) is 12.9. The molecule has 1 saturated carbocycles. The van der Waals surface area contributed by atoms with Gasteiger partial charge in [0, 0.05) is 28.7 Å². The summed E-state index contributed by atoms with van der Waals surface area (Å²) in [6.07, 6.45) is 5.32. The Morgan fingerprint density at radius 3 is 2.70 bits per heavy atom. The summed E-state index contributed by atoms with van der Waals surface area (Å²) in [5.41, 5.74) is 0.727. The minimum absolute atomic E-state index is 0.122. The molecule has 0 bridgehead atoms. The molecule has 0 atom stereocenters. The SMILES string of the molecule is CCOC(=O)CCN(C(=O)/C=C/c1ccc(Cl)cc1Cl)C1CC1. The maximum absolute atomic E-state index is 12.4. The average Bonchev–Trinajstić information content (AvgIpc) is 3.31. The summed E-state index contributed by atoms with van der Waals surface area (Å²) in [6, 6.07) is 5.33. The number of amides is 1. The molecule has 1 aromatic carbocycles. The number of esters is 1. The molecule has 0 heterocycles. The first kappa shape index (κ1) is 17.8. The first-order valence-electron chi connectivity index (χ1n) is 7.60. The number of hydrogen-bond donors (Lipinski definition) is 0. The molecule has 1 aliphatic rings. The molecule has 4 nitrogen and oxygen atoms in total. The Balaban J connectivity index is 1.98. The number of rotatable bonds is 7. The third-order valence-electron chi connectivity index (χ3n) is 3.50. The van der Waals surface area contributed by atoms with Crippen molar-refractivity contribution >= 4 is 41.2 Å². The average molecular weight is 356 g/mol. The van der Waals surface area contributed by atoms with Crippen LogP contribution in [0.15, 0.2) is 24.3 Å². The standard InChI is InChI=1S/C17H19Cl2NO3/c1-2-23-17(22)9-10-20(14-6-7-14)16(21)8-4-12-3-5-13(18)11-15(12)19/h3-5,8,11,14H,2,6-7,9-10H2,1H3/b8-4+. The van der Waals surface area contributed by atoms with Crippen LogP contribution in [0.4, 0.5) is 0 Å². The minimum atomic E-state index is -0.282. The molecular weight excluding hydrogens is 337 g/mol. The van der Waals surface area contributed by atoms with Crippen LogP contribution in [0.1, 0.15) is 31.7 Å². The fraction of sp³-hybridized carbons (Fsp3) is 0.412. The molecule has 0 N–H and O–H groups in total. The quantitative estimate of drug-likeness (QED) is 0.549. The van der Waals surface area contributed by atoms with Crippen LogP contribution in [0.2, 0.25) is 10.0 Å². The predicted molar refractivity (Wildman–Crippen MR) is 91.5 cm³/mol. The Morgan fingerprint density at radius 1 is 1.35 bits per heavy atom. The van der Waals surface area contributed by atoms with E-state index in [9.17, 15) is 9.59 Å². The first-order valence-corrected chi connectivity index (χ1v) is 8.36. The van der Waals surface area contributed by atoms with E-state index >= 15 is 0 Å². The molecule has 23 heavy (non-hydrogen) atoms.